The lowest BCUT2D eigenvalue weighted by molar-refractivity contribution is -0.170. The van der Waals surface area contributed by atoms with Crippen LogP contribution in [0.5, 0.6) is 0 Å². The lowest BCUT2D eigenvalue weighted by atomic mass is 10.2. The van der Waals surface area contributed by atoms with Gasteiger partial charge < -0.3 is 14.6 Å². The van der Waals surface area contributed by atoms with Crippen LogP contribution >= 0.6 is 0 Å². The molecule has 7 heteroatoms. The van der Waals surface area contributed by atoms with Crippen molar-refractivity contribution < 1.29 is 32.5 Å². The highest BCUT2D eigenvalue weighted by Gasteiger charge is 2.40. The van der Waals surface area contributed by atoms with Gasteiger partial charge in [-0.2, -0.15) is 13.2 Å². The molecule has 0 aromatic carbocycles. The van der Waals surface area contributed by atoms with Crippen molar-refractivity contribution >= 4 is 5.97 Å². The van der Waals surface area contributed by atoms with Gasteiger partial charge in [-0.05, 0) is 0 Å². The summed E-state index contributed by atoms with van der Waals surface area (Å²) in [6, 6.07) is 0. The van der Waals surface area contributed by atoms with Gasteiger partial charge in [0.25, 0.3) is 0 Å². The predicted octanol–water partition coefficient (Wildman–Crippen LogP) is 0.755. The van der Waals surface area contributed by atoms with Gasteiger partial charge in [0.15, 0.2) is 12.4 Å². The zero-order valence-electron chi connectivity index (χ0n) is 7.58. The van der Waals surface area contributed by atoms with Gasteiger partial charge in [-0.25, -0.2) is 4.79 Å². The second-order valence-corrected chi connectivity index (χ2v) is 2.97. The highest BCUT2D eigenvalue weighted by molar-refractivity contribution is 5.89. The van der Waals surface area contributed by atoms with Gasteiger partial charge >= 0.3 is 12.1 Å². The van der Waals surface area contributed by atoms with Crippen LogP contribution in [0.1, 0.15) is 6.42 Å². The number of aliphatic hydroxyl groups is 1. The van der Waals surface area contributed by atoms with Crippen LogP contribution in [0, 0.1) is 0 Å². The number of alkyl halides is 3. The van der Waals surface area contributed by atoms with Crippen LogP contribution in [0.4, 0.5) is 13.2 Å². The Labute approximate surface area is 83.3 Å². The maximum atomic E-state index is 12.0. The first-order valence-electron chi connectivity index (χ1n) is 4.09. The number of carbonyl (C=O) groups is 1. The van der Waals surface area contributed by atoms with Crippen molar-refractivity contribution in [2.75, 3.05) is 6.61 Å². The van der Waals surface area contributed by atoms with Gasteiger partial charge in [0.05, 0.1) is 6.61 Å². The zero-order valence-corrected chi connectivity index (χ0v) is 7.58. The third-order valence-electron chi connectivity index (χ3n) is 1.86. The van der Waals surface area contributed by atoms with Crippen molar-refractivity contribution in [2.45, 2.75) is 25.0 Å². The average molecular weight is 226 g/mol. The topological polar surface area (TPSA) is 55.8 Å². The third-order valence-corrected chi connectivity index (χ3v) is 1.86. The van der Waals surface area contributed by atoms with Crippen molar-refractivity contribution in [1.82, 2.24) is 0 Å². The molecular weight excluding hydrogens is 217 g/mol. The molecule has 1 rings (SSSR count). The van der Waals surface area contributed by atoms with E-state index in [1.807, 2.05) is 0 Å². The molecule has 1 aliphatic heterocycles. The number of carbonyl (C=O) groups excluding carboxylic acids is 1. The van der Waals surface area contributed by atoms with Crippen LogP contribution < -0.4 is 0 Å². The van der Waals surface area contributed by atoms with Crippen LogP contribution in [-0.4, -0.2) is 36.3 Å². The first-order chi connectivity index (χ1) is 6.82. The van der Waals surface area contributed by atoms with Crippen LogP contribution in [0.2, 0.25) is 0 Å². The van der Waals surface area contributed by atoms with Crippen molar-refractivity contribution in [3.8, 4) is 0 Å². The lowest BCUT2D eigenvalue weighted by Gasteiger charge is -2.16. The first-order valence-corrected chi connectivity index (χ1v) is 4.09. The largest absolute Gasteiger partial charge is 0.453 e. The van der Waals surface area contributed by atoms with Gasteiger partial charge in [-0.1, -0.05) is 6.58 Å². The number of hydrogen-bond donors (Lipinski definition) is 1. The summed E-state index contributed by atoms with van der Waals surface area (Å²) >= 11 is 0. The number of ether oxygens (including phenoxy) is 2. The van der Waals surface area contributed by atoms with E-state index in [4.69, 9.17) is 5.11 Å². The second kappa shape index (κ2) is 4.19. The Morgan fingerprint density at radius 1 is 1.53 bits per heavy atom. The van der Waals surface area contributed by atoms with E-state index in [1.54, 1.807) is 0 Å². The molecule has 86 valence electrons. The summed E-state index contributed by atoms with van der Waals surface area (Å²) in [6.07, 6.45) is -7.08. The van der Waals surface area contributed by atoms with Crippen LogP contribution in [0.25, 0.3) is 0 Å². The maximum absolute atomic E-state index is 12.0. The number of rotatable bonds is 2. The fourth-order valence-corrected chi connectivity index (χ4v) is 0.996. The second-order valence-electron chi connectivity index (χ2n) is 2.97. The van der Waals surface area contributed by atoms with Crippen LogP contribution in [0.3, 0.4) is 0 Å². The normalized spacial score (nSPS) is 26.4. The minimum absolute atomic E-state index is 0.137. The molecule has 0 aromatic heterocycles. The summed E-state index contributed by atoms with van der Waals surface area (Å²) in [4.78, 5) is 10.9. The number of halogens is 3. The Kier molecular flexibility index (Phi) is 3.35. The Morgan fingerprint density at radius 2 is 2.13 bits per heavy atom. The van der Waals surface area contributed by atoms with Crippen molar-refractivity contribution in [2.24, 2.45) is 0 Å². The maximum Gasteiger partial charge on any atom is 0.422 e. The third kappa shape index (κ3) is 2.93. The molecular formula is C8H9F3O4. The van der Waals surface area contributed by atoms with E-state index in [0.717, 1.165) is 0 Å². The van der Waals surface area contributed by atoms with Crippen molar-refractivity contribution in [1.29, 1.82) is 0 Å². The summed E-state index contributed by atoms with van der Waals surface area (Å²) in [5.41, 5.74) is -1.60. The molecule has 2 atom stereocenters. The quantitative estimate of drug-likeness (QED) is 0.557. The highest BCUT2D eigenvalue weighted by atomic mass is 19.4. The minimum Gasteiger partial charge on any atom is -0.453 e. The van der Waals surface area contributed by atoms with Crippen molar-refractivity contribution in [3.63, 3.8) is 0 Å². The number of esters is 1. The fourth-order valence-electron chi connectivity index (χ4n) is 0.996. The number of aliphatic hydroxyl groups excluding tert-OH is 1. The van der Waals surface area contributed by atoms with Gasteiger partial charge in [0.2, 0.25) is 0 Å². The molecule has 0 bridgehead atoms. The smallest absolute Gasteiger partial charge is 0.422 e. The van der Waals surface area contributed by atoms with E-state index in [1.165, 1.54) is 0 Å². The molecule has 0 radical (unpaired) electrons. The van der Waals surface area contributed by atoms with Gasteiger partial charge in [0, 0.05) is 6.42 Å². The molecule has 1 fully saturated rings. The van der Waals surface area contributed by atoms with E-state index in [-0.39, 0.29) is 13.0 Å². The highest BCUT2D eigenvalue weighted by Crippen LogP contribution is 2.26. The lowest BCUT2D eigenvalue weighted by Crippen LogP contribution is -2.30. The fraction of sp³-hybridized carbons (Fsp3) is 0.625. The Bertz CT molecular complexity index is 274. The molecule has 4 nitrogen and oxygen atoms in total. The first kappa shape index (κ1) is 12.0. The summed E-state index contributed by atoms with van der Waals surface area (Å²) in [6.45, 7) is 2.71. The van der Waals surface area contributed by atoms with E-state index in [2.05, 4.69) is 16.1 Å². The molecule has 1 saturated heterocycles. The molecule has 2 unspecified atom stereocenters. The molecule has 0 aromatic rings. The molecule has 1 aliphatic rings. The Hall–Kier alpha value is -1.08. The molecule has 0 saturated carbocycles. The predicted molar refractivity (Wildman–Crippen MR) is 41.7 cm³/mol. The molecule has 0 amide bonds. The van der Waals surface area contributed by atoms with E-state index in [0.29, 0.717) is 0 Å². The van der Waals surface area contributed by atoms with Gasteiger partial charge in [0.1, 0.15) is 5.57 Å². The SMILES string of the molecule is C=C(C(=O)OC1CCOC1O)C(F)(F)F. The van der Waals surface area contributed by atoms with Gasteiger partial charge in [-0.15, -0.1) is 0 Å². The summed E-state index contributed by atoms with van der Waals surface area (Å²) in [5, 5.41) is 9.01. The summed E-state index contributed by atoms with van der Waals surface area (Å²) < 4.78 is 44.9. The van der Waals surface area contributed by atoms with E-state index >= 15 is 0 Å². The zero-order chi connectivity index (χ0) is 11.6. The molecule has 15 heavy (non-hydrogen) atoms. The molecule has 0 spiro atoms. The van der Waals surface area contributed by atoms with E-state index in [9.17, 15) is 18.0 Å². The minimum atomic E-state index is -4.82. The van der Waals surface area contributed by atoms with Crippen LogP contribution in [0.15, 0.2) is 12.2 Å². The Morgan fingerprint density at radius 3 is 2.53 bits per heavy atom. The van der Waals surface area contributed by atoms with Gasteiger partial charge in [-0.3, -0.25) is 0 Å². The molecule has 0 aliphatic carbocycles. The number of hydrogen-bond acceptors (Lipinski definition) is 4. The monoisotopic (exact) mass is 226 g/mol. The summed E-state index contributed by atoms with van der Waals surface area (Å²) in [7, 11) is 0. The average Bonchev–Trinajstić information content (AvgIpc) is 2.49. The van der Waals surface area contributed by atoms with Crippen molar-refractivity contribution in [3.05, 3.63) is 12.2 Å². The molecule has 1 N–H and O–H groups in total. The van der Waals surface area contributed by atoms with Crippen LogP contribution in [-0.2, 0) is 14.3 Å². The standard InChI is InChI=1S/C8H9F3O4/c1-4(8(9,10)11)6(12)15-5-2-3-14-7(5)13/h5,7,13H,1-3H2. The Balaban J connectivity index is 2.52. The van der Waals surface area contributed by atoms with E-state index < -0.39 is 30.1 Å². The summed E-state index contributed by atoms with van der Waals surface area (Å²) in [5.74, 6) is -1.59. The molecule has 1 heterocycles.